The van der Waals surface area contributed by atoms with Gasteiger partial charge in [0.05, 0.1) is 11.9 Å². The van der Waals surface area contributed by atoms with E-state index in [1.54, 1.807) is 6.21 Å². The molecule has 8 heteroatoms. The van der Waals surface area contributed by atoms with Gasteiger partial charge in [-0.1, -0.05) is 24.1 Å². The van der Waals surface area contributed by atoms with Crippen LogP contribution in [0.4, 0.5) is 23.0 Å². The molecule has 0 aliphatic carbocycles. The molecule has 3 nitrogen and oxygen atoms in total. The summed E-state index contributed by atoms with van der Waals surface area (Å²) in [5.74, 6) is 3.07. The van der Waals surface area contributed by atoms with Crippen LogP contribution in [0, 0.1) is 12.3 Å². The van der Waals surface area contributed by atoms with Crippen molar-refractivity contribution in [3.05, 3.63) is 35.6 Å². The molecule has 1 heterocycles. The fourth-order valence-electron chi connectivity index (χ4n) is 1.28. The average Bonchev–Trinajstić information content (AvgIpc) is 2.56. The Morgan fingerprint density at radius 3 is 2.55 bits per heavy atom. The first-order chi connectivity index (χ1) is 9.40. The number of terminal acetylenes is 1. The Labute approximate surface area is 113 Å². The molecule has 0 fully saturated rings. The van der Waals surface area contributed by atoms with E-state index in [0.717, 1.165) is 11.3 Å². The predicted molar refractivity (Wildman–Crippen MR) is 71.5 cm³/mol. The topological polar surface area (TPSA) is 33.6 Å². The molecule has 0 spiro atoms. The molecule has 0 amide bonds. The highest BCUT2D eigenvalue weighted by atomic mass is 19.5. The number of para-hydroxylation sites is 1. The number of anilines is 1. The van der Waals surface area contributed by atoms with Gasteiger partial charge in [0.1, 0.15) is 12.4 Å². The van der Waals surface area contributed by atoms with Crippen molar-refractivity contribution in [1.29, 1.82) is 0 Å². The van der Waals surface area contributed by atoms with Gasteiger partial charge in [0.2, 0.25) is 0 Å². The van der Waals surface area contributed by atoms with Crippen molar-refractivity contribution in [3.8, 4) is 12.3 Å². The molecule has 106 valence electrons. The lowest BCUT2D eigenvalue weighted by Crippen LogP contribution is -2.02. The number of rotatable bonds is 2. The first-order valence-corrected chi connectivity index (χ1v) is 5.43. The maximum absolute atomic E-state index is 9.75. The second kappa shape index (κ2) is 7.23. The molecular formula is C12H10BF4N2O-. The Bertz CT molecular complexity index is 543. The third-order valence-electron chi connectivity index (χ3n) is 1.96. The van der Waals surface area contributed by atoms with E-state index in [4.69, 9.17) is 11.2 Å². The van der Waals surface area contributed by atoms with Crippen LogP contribution in [0.5, 0.6) is 0 Å². The summed E-state index contributed by atoms with van der Waals surface area (Å²) in [6.07, 6.45) is 8.62. The van der Waals surface area contributed by atoms with Crippen LogP contribution >= 0.6 is 0 Å². The normalized spacial score (nSPS) is 12.7. The lowest BCUT2D eigenvalue weighted by molar-refractivity contribution is 0.280. The van der Waals surface area contributed by atoms with Crippen LogP contribution in [0.1, 0.15) is 5.56 Å². The molecular weight excluding hydrogens is 275 g/mol. The van der Waals surface area contributed by atoms with E-state index in [1.807, 2.05) is 30.3 Å². The van der Waals surface area contributed by atoms with Gasteiger partial charge in [0.15, 0.2) is 0 Å². The summed E-state index contributed by atoms with van der Waals surface area (Å²) in [6.45, 7) is 0.250. The van der Waals surface area contributed by atoms with Crippen molar-refractivity contribution >= 4 is 25.2 Å². The van der Waals surface area contributed by atoms with Crippen LogP contribution in [0.2, 0.25) is 0 Å². The minimum atomic E-state index is -6.00. The van der Waals surface area contributed by atoms with E-state index in [0.29, 0.717) is 5.76 Å². The van der Waals surface area contributed by atoms with Gasteiger partial charge in [-0.15, -0.1) is 6.42 Å². The summed E-state index contributed by atoms with van der Waals surface area (Å²) < 4.78 is 44.3. The molecule has 0 saturated carbocycles. The van der Waals surface area contributed by atoms with Crippen molar-refractivity contribution < 1.29 is 22.0 Å². The number of hydrogen-bond donors (Lipinski definition) is 1. The number of fused-ring (bicyclic) bond motifs is 1. The number of nitrogens with one attached hydrogen (secondary N) is 1. The molecule has 1 N–H and O–H groups in total. The second-order valence-corrected chi connectivity index (χ2v) is 3.49. The largest absolute Gasteiger partial charge is 0.673 e. The number of benzene rings is 1. The SMILES string of the molecule is C#CCOC1=Cc2ccccc2NN=C1.F[B-](F)(F)F. The van der Waals surface area contributed by atoms with Gasteiger partial charge < -0.3 is 22.0 Å². The maximum Gasteiger partial charge on any atom is 0.673 e. The molecule has 1 aromatic carbocycles. The highest BCUT2D eigenvalue weighted by Crippen LogP contribution is 2.20. The first-order valence-electron chi connectivity index (χ1n) is 5.43. The molecule has 1 aromatic rings. The first kappa shape index (κ1) is 15.6. The maximum atomic E-state index is 9.75. The number of halogens is 4. The van der Waals surface area contributed by atoms with E-state index < -0.39 is 7.25 Å². The molecule has 0 radical (unpaired) electrons. The smallest absolute Gasteiger partial charge is 0.479 e. The van der Waals surface area contributed by atoms with E-state index in [1.165, 1.54) is 0 Å². The minimum Gasteiger partial charge on any atom is -0.479 e. The van der Waals surface area contributed by atoms with Gasteiger partial charge in [-0.3, -0.25) is 5.43 Å². The highest BCUT2D eigenvalue weighted by Gasteiger charge is 2.20. The standard InChI is InChI=1S/C12H10N2O.BF4/c1-2-7-15-11-8-10-5-3-4-6-12(10)14-13-9-11;2-1(3,4)5/h1,3-6,8-9,14H,7H2;/q;-1. The van der Waals surface area contributed by atoms with Gasteiger partial charge >= 0.3 is 7.25 Å². The Hall–Kier alpha value is -2.43. The fraction of sp³-hybridized carbons (Fsp3) is 0.0833. The molecule has 0 atom stereocenters. The number of nitrogens with zero attached hydrogens (tertiary/aromatic N) is 1. The van der Waals surface area contributed by atoms with E-state index >= 15 is 0 Å². The zero-order valence-corrected chi connectivity index (χ0v) is 10.2. The van der Waals surface area contributed by atoms with Crippen LogP contribution in [0.25, 0.3) is 6.08 Å². The quantitative estimate of drug-likeness (QED) is 0.513. The molecule has 20 heavy (non-hydrogen) atoms. The molecule has 1 aliphatic heterocycles. The Kier molecular flexibility index (Phi) is 5.65. The summed E-state index contributed by atoms with van der Waals surface area (Å²) in [4.78, 5) is 0. The average molecular weight is 285 g/mol. The lowest BCUT2D eigenvalue weighted by atomic mass is 10.1. The van der Waals surface area contributed by atoms with Gasteiger partial charge in [-0.2, -0.15) is 5.10 Å². The van der Waals surface area contributed by atoms with Gasteiger partial charge in [0.25, 0.3) is 0 Å². The molecule has 2 rings (SSSR count). The number of allylic oxidation sites excluding steroid dienone is 1. The zero-order chi connectivity index (χ0) is 15.0. The highest BCUT2D eigenvalue weighted by molar-refractivity contribution is 6.50. The molecule has 1 aliphatic rings. The van der Waals surface area contributed by atoms with Gasteiger partial charge in [0, 0.05) is 5.56 Å². The summed E-state index contributed by atoms with van der Waals surface area (Å²) in [5, 5.41) is 4.01. The van der Waals surface area contributed by atoms with E-state index in [9.17, 15) is 17.3 Å². The van der Waals surface area contributed by atoms with Gasteiger partial charge in [-0.05, 0) is 12.1 Å². The van der Waals surface area contributed by atoms with Crippen LogP contribution in [-0.4, -0.2) is 20.1 Å². The van der Waals surface area contributed by atoms with Crippen molar-refractivity contribution in [3.63, 3.8) is 0 Å². The minimum absolute atomic E-state index is 0.250. The van der Waals surface area contributed by atoms with Gasteiger partial charge in [-0.25, -0.2) is 0 Å². The van der Waals surface area contributed by atoms with Crippen molar-refractivity contribution in [1.82, 2.24) is 0 Å². The summed E-state index contributed by atoms with van der Waals surface area (Å²) in [7, 11) is -6.00. The summed E-state index contributed by atoms with van der Waals surface area (Å²) in [5.41, 5.74) is 4.90. The number of hydrazone groups is 1. The fourth-order valence-corrected chi connectivity index (χ4v) is 1.28. The zero-order valence-electron chi connectivity index (χ0n) is 10.2. The van der Waals surface area contributed by atoms with E-state index in [-0.39, 0.29) is 6.61 Å². The predicted octanol–water partition coefficient (Wildman–Crippen LogP) is 3.39. The third-order valence-corrected chi connectivity index (χ3v) is 1.96. The molecule has 0 saturated heterocycles. The monoisotopic (exact) mass is 285 g/mol. The summed E-state index contributed by atoms with van der Waals surface area (Å²) >= 11 is 0. The lowest BCUT2D eigenvalue weighted by Gasteiger charge is -2.02. The van der Waals surface area contributed by atoms with E-state index in [2.05, 4.69) is 16.4 Å². The van der Waals surface area contributed by atoms with Crippen LogP contribution in [-0.2, 0) is 4.74 Å². The van der Waals surface area contributed by atoms with Crippen LogP contribution < -0.4 is 5.43 Å². The molecule has 0 unspecified atom stereocenters. The Balaban J connectivity index is 0.000000347. The second-order valence-electron chi connectivity index (χ2n) is 3.49. The molecule has 0 bridgehead atoms. The van der Waals surface area contributed by atoms with Crippen LogP contribution in [0.15, 0.2) is 35.1 Å². The van der Waals surface area contributed by atoms with Crippen LogP contribution in [0.3, 0.4) is 0 Å². The van der Waals surface area contributed by atoms with Crippen molar-refractivity contribution in [2.24, 2.45) is 5.10 Å². The van der Waals surface area contributed by atoms with Crippen molar-refractivity contribution in [2.45, 2.75) is 0 Å². The number of hydrogen-bond acceptors (Lipinski definition) is 3. The molecule has 0 aromatic heterocycles. The number of ether oxygens (including phenoxy) is 1. The van der Waals surface area contributed by atoms with Crippen molar-refractivity contribution in [2.75, 3.05) is 12.0 Å². The Morgan fingerprint density at radius 2 is 1.90 bits per heavy atom. The summed E-state index contributed by atoms with van der Waals surface area (Å²) in [6, 6.07) is 7.84. The third kappa shape index (κ3) is 6.49. The Morgan fingerprint density at radius 1 is 1.25 bits per heavy atom.